The molecule has 3 unspecified atom stereocenters. The molecule has 1 aliphatic carbocycles. The van der Waals surface area contributed by atoms with E-state index in [-0.39, 0.29) is 5.76 Å². The van der Waals surface area contributed by atoms with Crippen molar-refractivity contribution in [2.75, 3.05) is 13.1 Å². The molecule has 0 amide bonds. The number of hydrogen-bond acceptors (Lipinski definition) is 3. The van der Waals surface area contributed by atoms with Crippen molar-refractivity contribution in [1.82, 2.24) is 5.32 Å². The van der Waals surface area contributed by atoms with Crippen molar-refractivity contribution in [3.05, 3.63) is 11.8 Å². The molecule has 3 heteroatoms. The van der Waals surface area contributed by atoms with Gasteiger partial charge in [0.05, 0.1) is 0 Å². The molecule has 0 aromatic rings. The van der Waals surface area contributed by atoms with Gasteiger partial charge in [-0.25, -0.2) is 0 Å². The van der Waals surface area contributed by atoms with Crippen molar-refractivity contribution in [3.63, 3.8) is 0 Å². The Bertz CT molecular complexity index is 191. The molecule has 0 spiro atoms. The van der Waals surface area contributed by atoms with Gasteiger partial charge in [0.25, 0.3) is 0 Å². The molecule has 3 nitrogen and oxygen atoms in total. The van der Waals surface area contributed by atoms with Crippen LogP contribution in [0, 0.1) is 11.8 Å². The largest absolute Gasteiger partial charge is 0.510 e. The molecule has 2 aliphatic rings. The minimum absolute atomic E-state index is 0.162. The Labute approximate surface area is 65.7 Å². The van der Waals surface area contributed by atoms with E-state index in [2.05, 4.69) is 5.32 Å². The second-order valence-corrected chi connectivity index (χ2v) is 3.43. The van der Waals surface area contributed by atoms with Crippen LogP contribution in [0.5, 0.6) is 0 Å². The maximum Gasteiger partial charge on any atom is 0.117 e. The number of nitrogens with one attached hydrogen (secondary N) is 1. The van der Waals surface area contributed by atoms with E-state index >= 15 is 0 Å². The Hall–Kier alpha value is -0.540. The standard InChI is InChI=1S/C8H13NO2/c10-7-1-5-3-9-4-6(5)2-8(7)11/h1,5-6,8-11H,2-4H2. The molecule has 0 bridgehead atoms. The lowest BCUT2D eigenvalue weighted by Crippen LogP contribution is -2.26. The predicted octanol–water partition coefficient (Wildman–Crippen LogP) is 0.0285. The van der Waals surface area contributed by atoms with Gasteiger partial charge < -0.3 is 15.5 Å². The first kappa shape index (κ1) is 7.13. The molecule has 2 rings (SSSR count). The molecule has 3 N–H and O–H groups in total. The van der Waals surface area contributed by atoms with Crippen LogP contribution in [0.15, 0.2) is 11.8 Å². The molecule has 0 saturated carbocycles. The van der Waals surface area contributed by atoms with E-state index in [1.807, 2.05) is 0 Å². The zero-order chi connectivity index (χ0) is 7.84. The molecule has 0 aromatic carbocycles. The summed E-state index contributed by atoms with van der Waals surface area (Å²) >= 11 is 0. The summed E-state index contributed by atoms with van der Waals surface area (Å²) in [5.41, 5.74) is 0. The van der Waals surface area contributed by atoms with Gasteiger partial charge in [-0.15, -0.1) is 0 Å². The molecular formula is C8H13NO2. The second kappa shape index (κ2) is 2.50. The Morgan fingerprint density at radius 3 is 3.09 bits per heavy atom. The van der Waals surface area contributed by atoms with Crippen LogP contribution in [0.3, 0.4) is 0 Å². The van der Waals surface area contributed by atoms with Gasteiger partial charge in [0.15, 0.2) is 0 Å². The normalized spacial score (nSPS) is 43.4. The Balaban J connectivity index is 2.16. The molecular weight excluding hydrogens is 142 g/mol. The van der Waals surface area contributed by atoms with E-state index in [1.165, 1.54) is 0 Å². The summed E-state index contributed by atoms with van der Waals surface area (Å²) in [5, 5.41) is 21.7. The van der Waals surface area contributed by atoms with Crippen LogP contribution in [0.2, 0.25) is 0 Å². The summed E-state index contributed by atoms with van der Waals surface area (Å²) in [5.74, 6) is 1.13. The van der Waals surface area contributed by atoms with Crippen molar-refractivity contribution in [1.29, 1.82) is 0 Å². The second-order valence-electron chi connectivity index (χ2n) is 3.43. The van der Waals surface area contributed by atoms with Crippen LogP contribution in [0.1, 0.15) is 6.42 Å². The van der Waals surface area contributed by atoms with E-state index in [4.69, 9.17) is 0 Å². The Morgan fingerprint density at radius 1 is 1.45 bits per heavy atom. The third kappa shape index (κ3) is 1.14. The van der Waals surface area contributed by atoms with Crippen LogP contribution in [-0.2, 0) is 0 Å². The third-order valence-corrected chi connectivity index (χ3v) is 2.64. The zero-order valence-corrected chi connectivity index (χ0v) is 6.33. The van der Waals surface area contributed by atoms with Crippen molar-refractivity contribution >= 4 is 0 Å². The Morgan fingerprint density at radius 2 is 2.27 bits per heavy atom. The van der Waals surface area contributed by atoms with Crippen LogP contribution in [-0.4, -0.2) is 29.4 Å². The van der Waals surface area contributed by atoms with Gasteiger partial charge in [-0.05, 0) is 30.9 Å². The van der Waals surface area contributed by atoms with E-state index in [0.29, 0.717) is 18.3 Å². The van der Waals surface area contributed by atoms with Crippen LogP contribution >= 0.6 is 0 Å². The summed E-state index contributed by atoms with van der Waals surface area (Å²) in [7, 11) is 0. The monoisotopic (exact) mass is 155 g/mol. The molecule has 1 fully saturated rings. The quantitative estimate of drug-likeness (QED) is 0.462. The highest BCUT2D eigenvalue weighted by Crippen LogP contribution is 2.30. The van der Waals surface area contributed by atoms with Gasteiger partial charge in [0.1, 0.15) is 11.9 Å². The third-order valence-electron chi connectivity index (χ3n) is 2.64. The molecule has 11 heavy (non-hydrogen) atoms. The smallest absolute Gasteiger partial charge is 0.117 e. The molecule has 1 heterocycles. The first-order valence-electron chi connectivity index (χ1n) is 4.07. The lowest BCUT2D eigenvalue weighted by molar-refractivity contribution is 0.109. The van der Waals surface area contributed by atoms with Crippen LogP contribution in [0.4, 0.5) is 0 Å². The zero-order valence-electron chi connectivity index (χ0n) is 6.33. The summed E-state index contributed by atoms with van der Waals surface area (Å²) < 4.78 is 0. The molecule has 1 saturated heterocycles. The fourth-order valence-electron chi connectivity index (χ4n) is 1.94. The van der Waals surface area contributed by atoms with Crippen molar-refractivity contribution < 1.29 is 10.2 Å². The van der Waals surface area contributed by atoms with Crippen molar-refractivity contribution in [2.24, 2.45) is 11.8 Å². The predicted molar refractivity (Wildman–Crippen MR) is 41.2 cm³/mol. The summed E-state index contributed by atoms with van der Waals surface area (Å²) in [6.45, 7) is 1.92. The minimum Gasteiger partial charge on any atom is -0.510 e. The van der Waals surface area contributed by atoms with E-state index < -0.39 is 6.10 Å². The first-order valence-corrected chi connectivity index (χ1v) is 4.07. The highest BCUT2D eigenvalue weighted by molar-refractivity contribution is 5.10. The van der Waals surface area contributed by atoms with Crippen molar-refractivity contribution in [2.45, 2.75) is 12.5 Å². The van der Waals surface area contributed by atoms with Crippen molar-refractivity contribution in [3.8, 4) is 0 Å². The summed E-state index contributed by atoms with van der Waals surface area (Å²) in [4.78, 5) is 0. The summed E-state index contributed by atoms with van der Waals surface area (Å²) in [6, 6.07) is 0. The average Bonchev–Trinajstić information content (AvgIpc) is 2.36. The van der Waals surface area contributed by atoms with E-state index in [9.17, 15) is 10.2 Å². The van der Waals surface area contributed by atoms with Crippen LogP contribution in [0.25, 0.3) is 0 Å². The molecule has 0 radical (unpaired) electrons. The SMILES string of the molecule is OC1=CC2CNCC2CC1O. The lowest BCUT2D eigenvalue weighted by Gasteiger charge is -2.24. The fourth-order valence-corrected chi connectivity index (χ4v) is 1.94. The van der Waals surface area contributed by atoms with Gasteiger partial charge >= 0.3 is 0 Å². The number of fused-ring (bicyclic) bond motifs is 1. The van der Waals surface area contributed by atoms with E-state index in [1.54, 1.807) is 6.08 Å². The summed E-state index contributed by atoms with van der Waals surface area (Å²) in [6.07, 6.45) is 1.88. The number of hydrogen-bond donors (Lipinski definition) is 3. The first-order chi connectivity index (χ1) is 5.27. The molecule has 0 aromatic heterocycles. The minimum atomic E-state index is -0.615. The van der Waals surface area contributed by atoms with Gasteiger partial charge in [-0.2, -0.15) is 0 Å². The topological polar surface area (TPSA) is 52.5 Å². The van der Waals surface area contributed by atoms with Gasteiger partial charge in [0.2, 0.25) is 0 Å². The van der Waals surface area contributed by atoms with Crippen LogP contribution < -0.4 is 5.32 Å². The Kier molecular flexibility index (Phi) is 1.62. The van der Waals surface area contributed by atoms with Gasteiger partial charge in [-0.1, -0.05) is 0 Å². The lowest BCUT2D eigenvalue weighted by atomic mass is 9.85. The fraction of sp³-hybridized carbons (Fsp3) is 0.750. The highest BCUT2D eigenvalue weighted by atomic mass is 16.3. The maximum absolute atomic E-state index is 9.28. The molecule has 1 aliphatic heterocycles. The molecule has 62 valence electrons. The number of aliphatic hydroxyl groups is 2. The highest BCUT2D eigenvalue weighted by Gasteiger charge is 2.33. The number of aliphatic hydroxyl groups excluding tert-OH is 2. The molecule has 3 atom stereocenters. The van der Waals surface area contributed by atoms with E-state index in [0.717, 1.165) is 13.1 Å². The average molecular weight is 155 g/mol. The number of rotatable bonds is 0. The van der Waals surface area contributed by atoms with Gasteiger partial charge in [0, 0.05) is 6.54 Å². The van der Waals surface area contributed by atoms with Gasteiger partial charge in [-0.3, -0.25) is 0 Å². The maximum atomic E-state index is 9.28.